The van der Waals surface area contributed by atoms with E-state index < -0.39 is 30.4 Å². The number of benzene rings is 2. The minimum atomic E-state index is -1.15. The van der Waals surface area contributed by atoms with Crippen molar-refractivity contribution in [1.82, 2.24) is 10.2 Å². The Morgan fingerprint density at radius 1 is 0.939 bits per heavy atom. The van der Waals surface area contributed by atoms with Crippen LogP contribution < -0.4 is 5.32 Å². The number of hydrogen-bond acceptors (Lipinski definition) is 5. The molecule has 0 spiro atoms. The van der Waals surface area contributed by atoms with Crippen molar-refractivity contribution < 1.29 is 19.8 Å². The Hall–Kier alpha value is -2.98. The van der Waals surface area contributed by atoms with Crippen LogP contribution in [0.15, 0.2) is 48.5 Å². The van der Waals surface area contributed by atoms with E-state index in [1.54, 1.807) is 24.3 Å². The summed E-state index contributed by atoms with van der Waals surface area (Å²) in [4.78, 5) is 26.6. The number of aliphatic hydroxyl groups excluding tert-OH is 2. The third kappa shape index (κ3) is 7.54. The minimum Gasteiger partial charge on any atom is -0.391 e. The standard InChI is InChI=1S/C27H32N2O4/c1-20(31)26(25(32)19-30)28-27(33)24-14-12-22(13-15-24)7-6-21-8-10-23(11-9-21)18-29-16-4-2-3-5-17-29/h8-15,20,26,30-31H,2-5,16-19H2,1H3,(H,28,33)/t20-,26+/m1/s1. The summed E-state index contributed by atoms with van der Waals surface area (Å²) in [5, 5.41) is 21.1. The molecule has 2 atom stereocenters. The number of carbonyl (C=O) groups excluding carboxylic acids is 2. The molecule has 1 amide bonds. The van der Waals surface area contributed by atoms with Gasteiger partial charge in [-0.2, -0.15) is 0 Å². The number of likely N-dealkylation sites (tertiary alicyclic amines) is 1. The highest BCUT2D eigenvalue weighted by molar-refractivity contribution is 5.98. The van der Waals surface area contributed by atoms with Crippen LogP contribution in [0.2, 0.25) is 0 Å². The van der Waals surface area contributed by atoms with E-state index in [0.717, 1.165) is 17.7 Å². The summed E-state index contributed by atoms with van der Waals surface area (Å²) in [6.07, 6.45) is 4.14. The molecule has 6 heteroatoms. The van der Waals surface area contributed by atoms with E-state index in [-0.39, 0.29) is 0 Å². The summed E-state index contributed by atoms with van der Waals surface area (Å²) < 4.78 is 0. The molecule has 2 aromatic carbocycles. The molecule has 6 nitrogen and oxygen atoms in total. The van der Waals surface area contributed by atoms with Gasteiger partial charge in [0.15, 0.2) is 5.78 Å². The number of aliphatic hydroxyl groups is 2. The van der Waals surface area contributed by atoms with Crippen LogP contribution in [0, 0.1) is 11.8 Å². The first-order valence-corrected chi connectivity index (χ1v) is 11.5. The molecule has 3 N–H and O–H groups in total. The molecule has 33 heavy (non-hydrogen) atoms. The molecule has 2 aromatic rings. The second-order valence-electron chi connectivity index (χ2n) is 8.53. The molecular weight excluding hydrogens is 416 g/mol. The smallest absolute Gasteiger partial charge is 0.251 e. The van der Waals surface area contributed by atoms with Gasteiger partial charge in [-0.25, -0.2) is 0 Å². The SMILES string of the molecule is C[C@@H](O)[C@H](NC(=O)c1ccc(C#Cc2ccc(CN3CCCCCC3)cc2)cc1)C(=O)CO. The van der Waals surface area contributed by atoms with E-state index in [1.165, 1.54) is 51.3 Å². The van der Waals surface area contributed by atoms with Crippen LogP contribution in [0.3, 0.4) is 0 Å². The summed E-state index contributed by atoms with van der Waals surface area (Å²) in [7, 11) is 0. The summed E-state index contributed by atoms with van der Waals surface area (Å²) >= 11 is 0. The van der Waals surface area contributed by atoms with Crippen LogP contribution in [-0.4, -0.2) is 58.6 Å². The lowest BCUT2D eigenvalue weighted by Crippen LogP contribution is -2.48. The topological polar surface area (TPSA) is 89.9 Å². The fourth-order valence-electron chi connectivity index (χ4n) is 3.89. The number of amides is 1. The molecule has 174 valence electrons. The molecule has 0 radical (unpaired) electrons. The molecule has 0 saturated carbocycles. The largest absolute Gasteiger partial charge is 0.391 e. The van der Waals surface area contributed by atoms with Crippen molar-refractivity contribution in [2.45, 2.75) is 51.3 Å². The van der Waals surface area contributed by atoms with Crippen LogP contribution >= 0.6 is 0 Å². The molecule has 1 heterocycles. The highest BCUT2D eigenvalue weighted by atomic mass is 16.3. The molecule has 0 aliphatic carbocycles. The lowest BCUT2D eigenvalue weighted by atomic mass is 10.1. The van der Waals surface area contributed by atoms with Crippen LogP contribution in [0.4, 0.5) is 0 Å². The molecule has 1 aliphatic heterocycles. The predicted octanol–water partition coefficient (Wildman–Crippen LogP) is 2.50. The predicted molar refractivity (Wildman–Crippen MR) is 128 cm³/mol. The van der Waals surface area contributed by atoms with E-state index in [2.05, 4.69) is 34.2 Å². The maximum Gasteiger partial charge on any atom is 0.251 e. The van der Waals surface area contributed by atoms with Crippen LogP contribution in [0.25, 0.3) is 0 Å². The van der Waals surface area contributed by atoms with Gasteiger partial charge in [-0.3, -0.25) is 14.5 Å². The number of nitrogens with zero attached hydrogens (tertiary/aromatic N) is 1. The molecule has 1 fully saturated rings. The minimum absolute atomic E-state index is 0.342. The zero-order chi connectivity index (χ0) is 23.6. The van der Waals surface area contributed by atoms with E-state index in [0.29, 0.717) is 5.56 Å². The lowest BCUT2D eigenvalue weighted by Gasteiger charge is -2.19. The van der Waals surface area contributed by atoms with Crippen molar-refractivity contribution in [3.63, 3.8) is 0 Å². The maximum atomic E-state index is 12.4. The Labute approximate surface area is 195 Å². The second-order valence-corrected chi connectivity index (χ2v) is 8.53. The van der Waals surface area contributed by atoms with Crippen molar-refractivity contribution in [3.8, 4) is 11.8 Å². The summed E-state index contributed by atoms with van der Waals surface area (Å²) in [5.74, 6) is 5.12. The average molecular weight is 449 g/mol. The first-order valence-electron chi connectivity index (χ1n) is 11.5. The van der Waals surface area contributed by atoms with E-state index >= 15 is 0 Å². The van der Waals surface area contributed by atoms with Crippen molar-refractivity contribution in [3.05, 3.63) is 70.8 Å². The molecule has 0 bridgehead atoms. The molecule has 0 unspecified atom stereocenters. The number of nitrogens with one attached hydrogen (secondary N) is 1. The first kappa shape index (κ1) is 24.7. The quantitative estimate of drug-likeness (QED) is 0.567. The second kappa shape index (κ2) is 12.3. The Kier molecular flexibility index (Phi) is 9.20. The van der Waals surface area contributed by atoms with Gasteiger partial charge < -0.3 is 15.5 Å². The summed E-state index contributed by atoms with van der Waals surface area (Å²) in [5.41, 5.74) is 3.33. The number of rotatable bonds is 7. The van der Waals surface area contributed by atoms with Gasteiger partial charge in [-0.15, -0.1) is 0 Å². The van der Waals surface area contributed by atoms with E-state index in [4.69, 9.17) is 5.11 Å². The Morgan fingerprint density at radius 2 is 1.48 bits per heavy atom. The molecule has 3 rings (SSSR count). The molecule has 1 saturated heterocycles. The van der Waals surface area contributed by atoms with Crippen molar-refractivity contribution in [2.75, 3.05) is 19.7 Å². The van der Waals surface area contributed by atoms with Crippen molar-refractivity contribution in [1.29, 1.82) is 0 Å². The van der Waals surface area contributed by atoms with Gasteiger partial charge in [0.05, 0.1) is 6.10 Å². The molecule has 1 aliphatic rings. The number of Topliss-reactive ketones (excluding diaryl/α,β-unsaturated/α-hetero) is 1. The summed E-state index contributed by atoms with van der Waals surface area (Å²) in [6.45, 7) is 3.97. The van der Waals surface area contributed by atoms with Gasteiger partial charge in [0.25, 0.3) is 5.91 Å². The zero-order valence-electron chi connectivity index (χ0n) is 19.1. The Morgan fingerprint density at radius 3 is 2.00 bits per heavy atom. The number of hydrogen-bond donors (Lipinski definition) is 3. The van der Waals surface area contributed by atoms with Crippen LogP contribution in [0.1, 0.15) is 59.7 Å². The first-order chi connectivity index (χ1) is 16.0. The van der Waals surface area contributed by atoms with Crippen molar-refractivity contribution in [2.24, 2.45) is 0 Å². The highest BCUT2D eigenvalue weighted by Crippen LogP contribution is 2.14. The van der Waals surface area contributed by atoms with Crippen LogP contribution in [0.5, 0.6) is 0 Å². The average Bonchev–Trinajstić information content (AvgIpc) is 3.10. The van der Waals surface area contributed by atoms with Gasteiger partial charge in [0.2, 0.25) is 0 Å². The third-order valence-electron chi connectivity index (χ3n) is 5.83. The van der Waals surface area contributed by atoms with Gasteiger partial charge in [0, 0.05) is 23.2 Å². The van der Waals surface area contributed by atoms with Crippen LogP contribution in [-0.2, 0) is 11.3 Å². The fourth-order valence-corrected chi connectivity index (χ4v) is 3.89. The van der Waals surface area contributed by atoms with E-state index in [9.17, 15) is 14.7 Å². The van der Waals surface area contributed by atoms with E-state index in [1.807, 2.05) is 12.1 Å². The molecule has 0 aromatic heterocycles. The highest BCUT2D eigenvalue weighted by Gasteiger charge is 2.25. The van der Waals surface area contributed by atoms with Crippen molar-refractivity contribution >= 4 is 11.7 Å². The van der Waals surface area contributed by atoms with Gasteiger partial charge in [-0.05, 0) is 74.8 Å². The maximum absolute atomic E-state index is 12.4. The van der Waals surface area contributed by atoms with Gasteiger partial charge in [0.1, 0.15) is 12.6 Å². The summed E-state index contributed by atoms with van der Waals surface area (Å²) in [6, 6.07) is 13.9. The lowest BCUT2D eigenvalue weighted by molar-refractivity contribution is -0.125. The fraction of sp³-hybridized carbons (Fsp3) is 0.407. The molecular formula is C27H32N2O4. The Bertz CT molecular complexity index is 980. The number of ketones is 1. The monoisotopic (exact) mass is 448 g/mol. The Balaban J connectivity index is 1.58. The number of carbonyl (C=O) groups is 2. The zero-order valence-corrected chi connectivity index (χ0v) is 19.1. The normalized spacial score (nSPS) is 16.1. The van der Waals surface area contributed by atoms with Gasteiger partial charge >= 0.3 is 0 Å². The third-order valence-corrected chi connectivity index (χ3v) is 5.83. The van der Waals surface area contributed by atoms with Gasteiger partial charge in [-0.1, -0.05) is 36.8 Å².